The van der Waals surface area contributed by atoms with E-state index < -0.39 is 28.4 Å². The molecule has 0 atom stereocenters. The summed E-state index contributed by atoms with van der Waals surface area (Å²) in [6.07, 6.45) is -4.38. The fourth-order valence-corrected chi connectivity index (χ4v) is 3.71. The Hall–Kier alpha value is -5.34. The average molecular weight is 575 g/mol. The number of nitrogens with one attached hydrogen (secondary N) is 1. The van der Waals surface area contributed by atoms with Gasteiger partial charge in [0.15, 0.2) is 11.5 Å². The van der Waals surface area contributed by atoms with Crippen LogP contribution < -0.4 is 25.2 Å². The maximum Gasteiger partial charge on any atom is 0.417 e. The minimum Gasteiger partial charge on any atom is -0.493 e. The molecule has 0 saturated carbocycles. The predicted octanol–water partition coefficient (Wildman–Crippen LogP) is 5.46. The van der Waals surface area contributed by atoms with Crippen LogP contribution in [0.4, 0.5) is 29.3 Å². The van der Waals surface area contributed by atoms with Gasteiger partial charge in [0, 0.05) is 23.2 Å². The van der Waals surface area contributed by atoms with Crippen molar-refractivity contribution in [2.24, 2.45) is 0 Å². The van der Waals surface area contributed by atoms with Crippen molar-refractivity contribution in [3.05, 3.63) is 92.1 Å². The molecule has 0 aliphatic heterocycles. The van der Waals surface area contributed by atoms with Crippen LogP contribution in [0.2, 0.25) is 0 Å². The fourth-order valence-electron chi connectivity index (χ4n) is 3.71. The molecule has 2 aromatic carbocycles. The van der Waals surface area contributed by atoms with Crippen molar-refractivity contribution in [2.45, 2.75) is 19.4 Å². The highest BCUT2D eigenvalue weighted by atomic mass is 19.4. The van der Waals surface area contributed by atoms with Crippen LogP contribution in [0.1, 0.15) is 16.8 Å². The van der Waals surface area contributed by atoms with E-state index in [0.717, 1.165) is 12.1 Å². The SMILES string of the molecule is COc1cc(COc2ccc(COC(=O)Nc3ccc4c(C(F)(F)F)cc(=O)oc4c3)nc2)c([N+](=O)[O-])cc1OC. The third kappa shape index (κ3) is 6.81. The van der Waals surface area contributed by atoms with Crippen molar-refractivity contribution in [1.29, 1.82) is 0 Å². The number of nitrogens with zero attached hydrogens (tertiary/aromatic N) is 2. The van der Waals surface area contributed by atoms with E-state index >= 15 is 0 Å². The number of carbonyl (C=O) groups excluding carboxylic acids is 1. The summed E-state index contributed by atoms with van der Waals surface area (Å²) >= 11 is 0. The number of halogens is 3. The average Bonchev–Trinajstić information content (AvgIpc) is 2.93. The first kappa shape index (κ1) is 28.7. The quantitative estimate of drug-likeness (QED) is 0.155. The lowest BCUT2D eigenvalue weighted by molar-refractivity contribution is -0.385. The molecule has 15 heteroatoms. The molecule has 0 aliphatic rings. The molecule has 0 bridgehead atoms. The van der Waals surface area contributed by atoms with E-state index in [2.05, 4.69) is 10.3 Å². The number of nitro benzene ring substituents is 1. The fraction of sp³-hybridized carbons (Fsp3) is 0.192. The first-order chi connectivity index (χ1) is 19.5. The monoisotopic (exact) mass is 575 g/mol. The molecule has 2 aromatic heterocycles. The third-order valence-electron chi connectivity index (χ3n) is 5.62. The summed E-state index contributed by atoms with van der Waals surface area (Å²) in [6.45, 7) is -0.443. The molecule has 1 N–H and O–H groups in total. The van der Waals surface area contributed by atoms with Gasteiger partial charge in [0.1, 0.15) is 24.5 Å². The lowest BCUT2D eigenvalue weighted by Crippen LogP contribution is -2.14. The number of nitro groups is 1. The van der Waals surface area contributed by atoms with Gasteiger partial charge < -0.3 is 23.4 Å². The number of fused-ring (bicyclic) bond motifs is 1. The smallest absolute Gasteiger partial charge is 0.417 e. The van der Waals surface area contributed by atoms with Gasteiger partial charge in [-0.2, -0.15) is 13.2 Å². The molecule has 0 aliphatic carbocycles. The molecule has 12 nitrogen and oxygen atoms in total. The number of hydrogen-bond donors (Lipinski definition) is 1. The molecule has 214 valence electrons. The van der Waals surface area contributed by atoms with Crippen molar-refractivity contribution in [2.75, 3.05) is 19.5 Å². The van der Waals surface area contributed by atoms with Gasteiger partial charge in [-0.15, -0.1) is 0 Å². The first-order valence-electron chi connectivity index (χ1n) is 11.5. The van der Waals surface area contributed by atoms with E-state index in [9.17, 15) is 32.9 Å². The number of hydrogen-bond acceptors (Lipinski definition) is 10. The highest BCUT2D eigenvalue weighted by Crippen LogP contribution is 2.36. The van der Waals surface area contributed by atoms with Crippen molar-refractivity contribution in [3.8, 4) is 17.2 Å². The molecular weight excluding hydrogens is 555 g/mol. The Kier molecular flexibility index (Phi) is 8.26. The van der Waals surface area contributed by atoms with Gasteiger partial charge in [-0.1, -0.05) is 0 Å². The van der Waals surface area contributed by atoms with Crippen LogP contribution in [0.3, 0.4) is 0 Å². The van der Waals surface area contributed by atoms with Crippen molar-refractivity contribution >= 4 is 28.4 Å². The Morgan fingerprint density at radius 3 is 2.41 bits per heavy atom. The second-order valence-corrected chi connectivity index (χ2v) is 8.26. The van der Waals surface area contributed by atoms with Crippen LogP contribution in [0.5, 0.6) is 17.2 Å². The number of ether oxygens (including phenoxy) is 4. The summed E-state index contributed by atoms with van der Waals surface area (Å²) < 4.78 is 65.4. The van der Waals surface area contributed by atoms with Crippen LogP contribution in [-0.2, 0) is 24.1 Å². The van der Waals surface area contributed by atoms with Gasteiger partial charge in [0.25, 0.3) is 5.69 Å². The number of methoxy groups -OCH3 is 2. The first-order valence-corrected chi connectivity index (χ1v) is 11.5. The van der Waals surface area contributed by atoms with Gasteiger partial charge in [-0.25, -0.2) is 9.59 Å². The van der Waals surface area contributed by atoms with E-state index in [4.69, 9.17) is 23.4 Å². The zero-order valence-corrected chi connectivity index (χ0v) is 21.3. The minimum absolute atomic E-state index is 0.0333. The van der Waals surface area contributed by atoms with Crippen LogP contribution in [0.15, 0.2) is 63.9 Å². The van der Waals surface area contributed by atoms with Crippen LogP contribution in [0.25, 0.3) is 11.0 Å². The summed E-state index contributed by atoms with van der Waals surface area (Å²) in [5.74, 6) is 0.763. The van der Waals surface area contributed by atoms with E-state index in [1.165, 1.54) is 50.7 Å². The zero-order chi connectivity index (χ0) is 29.7. The van der Waals surface area contributed by atoms with E-state index in [0.29, 0.717) is 17.5 Å². The molecule has 0 radical (unpaired) electrons. The topological polar surface area (TPSA) is 152 Å². The zero-order valence-electron chi connectivity index (χ0n) is 21.3. The molecule has 0 saturated heterocycles. The number of anilines is 1. The van der Waals surface area contributed by atoms with E-state index in [1.54, 1.807) is 0 Å². The molecule has 4 rings (SSSR count). The van der Waals surface area contributed by atoms with E-state index in [1.807, 2.05) is 0 Å². The predicted molar refractivity (Wildman–Crippen MR) is 136 cm³/mol. The Bertz CT molecular complexity index is 1650. The van der Waals surface area contributed by atoms with Gasteiger partial charge >= 0.3 is 17.9 Å². The maximum atomic E-state index is 13.2. The largest absolute Gasteiger partial charge is 0.493 e. The molecule has 2 heterocycles. The number of amides is 1. The van der Waals surface area contributed by atoms with Gasteiger partial charge in [0.2, 0.25) is 0 Å². The Morgan fingerprint density at radius 1 is 1.05 bits per heavy atom. The number of benzene rings is 2. The third-order valence-corrected chi connectivity index (χ3v) is 5.62. The summed E-state index contributed by atoms with van der Waals surface area (Å²) in [6, 6.07) is 9.36. The summed E-state index contributed by atoms with van der Waals surface area (Å²) in [7, 11) is 2.76. The molecule has 41 heavy (non-hydrogen) atoms. The molecule has 0 spiro atoms. The van der Waals surface area contributed by atoms with Crippen molar-refractivity contribution in [1.82, 2.24) is 4.98 Å². The molecule has 1 amide bonds. The van der Waals surface area contributed by atoms with E-state index in [-0.39, 0.29) is 52.6 Å². The second-order valence-electron chi connectivity index (χ2n) is 8.26. The van der Waals surface area contributed by atoms with Crippen LogP contribution in [0, 0.1) is 10.1 Å². The summed E-state index contributed by atoms with van der Waals surface area (Å²) in [4.78, 5) is 38.7. The minimum atomic E-state index is -4.77. The number of pyridine rings is 1. The maximum absolute atomic E-state index is 13.2. The number of aromatic nitrogens is 1. The summed E-state index contributed by atoms with van der Waals surface area (Å²) in [5.41, 5.74) is -2.34. The normalized spacial score (nSPS) is 11.1. The molecule has 0 unspecified atom stereocenters. The Balaban J connectivity index is 1.36. The van der Waals surface area contributed by atoms with Gasteiger partial charge in [0.05, 0.1) is 48.2 Å². The van der Waals surface area contributed by atoms with Crippen molar-refractivity contribution in [3.63, 3.8) is 0 Å². The number of carbonyl (C=O) groups is 1. The highest BCUT2D eigenvalue weighted by molar-refractivity contribution is 5.90. The lowest BCUT2D eigenvalue weighted by atomic mass is 10.1. The standard InChI is InChI=1S/C26H20F3N3O9/c1-37-22-7-14(20(32(35)36)10-23(22)38-2)12-39-17-5-3-16(30-11-17)13-40-25(34)31-15-4-6-18-19(26(27,28)29)9-24(33)41-21(18)8-15/h3-11H,12-13H2,1-2H3,(H,31,34). The van der Waals surface area contributed by atoms with Crippen LogP contribution >= 0.6 is 0 Å². The second kappa shape index (κ2) is 11.8. The Labute approximate surface area is 228 Å². The van der Waals surface area contributed by atoms with Crippen molar-refractivity contribution < 1.29 is 46.3 Å². The molecule has 0 fully saturated rings. The molecular formula is C26H20F3N3O9. The highest BCUT2D eigenvalue weighted by Gasteiger charge is 2.33. The van der Waals surface area contributed by atoms with Gasteiger partial charge in [-0.3, -0.25) is 20.4 Å². The van der Waals surface area contributed by atoms with Gasteiger partial charge in [-0.05, 0) is 30.3 Å². The number of alkyl halides is 3. The Morgan fingerprint density at radius 2 is 1.78 bits per heavy atom. The molecule has 4 aromatic rings. The summed E-state index contributed by atoms with van der Waals surface area (Å²) in [5, 5.41) is 13.4. The van der Waals surface area contributed by atoms with Crippen LogP contribution in [-0.4, -0.2) is 30.2 Å². The number of rotatable bonds is 9. The lowest BCUT2D eigenvalue weighted by Gasteiger charge is -2.12.